The zero-order chi connectivity index (χ0) is 78.5. The smallest absolute Gasteiger partial charge is 0.462 e. The molecule has 19 heteroatoms. The van der Waals surface area contributed by atoms with E-state index in [1.165, 1.54) is 289 Å². The van der Waals surface area contributed by atoms with Crippen molar-refractivity contribution in [1.29, 1.82) is 0 Å². The highest BCUT2D eigenvalue weighted by Gasteiger charge is 2.30. The van der Waals surface area contributed by atoms with E-state index in [-0.39, 0.29) is 25.7 Å². The number of aliphatic hydroxyl groups is 1. The first-order valence-electron chi connectivity index (χ1n) is 45.5. The molecule has 636 valence electrons. The standard InChI is InChI=1S/C88H172O17P2/c1-7-9-11-13-15-17-19-21-23-25-26-27-28-30-32-38-42-48-55-61-67-73-87(92)104-83(76-98-85(90)70-64-58-52-46-40-36-34-33-35-39-44-50-56-62-68-80(3)4)78-102-106(94,95)100-74-82(89)75-101-107(96,97)103-79-84(77-99-86(91)71-65-59-53-49-43-45-51-57-63-69-81(5)6)105-88(93)72-66-60-54-47-41-37-31-29-24-22-20-18-16-14-12-10-8-2/h80-84,89H,7-79H2,1-6H3,(H,94,95)(H,96,97)/t82-,83-,84-/m1/s1. The topological polar surface area (TPSA) is 237 Å². The monoisotopic (exact) mass is 1560 g/mol. The van der Waals surface area contributed by atoms with E-state index >= 15 is 0 Å². The molecule has 0 aliphatic rings. The van der Waals surface area contributed by atoms with Crippen molar-refractivity contribution in [3.63, 3.8) is 0 Å². The van der Waals surface area contributed by atoms with Crippen LogP contribution in [0.3, 0.4) is 0 Å². The largest absolute Gasteiger partial charge is 0.472 e. The van der Waals surface area contributed by atoms with E-state index in [2.05, 4.69) is 41.5 Å². The predicted molar refractivity (Wildman–Crippen MR) is 442 cm³/mol. The van der Waals surface area contributed by atoms with Crippen LogP contribution in [-0.4, -0.2) is 96.7 Å². The van der Waals surface area contributed by atoms with Crippen molar-refractivity contribution in [1.82, 2.24) is 0 Å². The van der Waals surface area contributed by atoms with Crippen LogP contribution in [0.25, 0.3) is 0 Å². The number of ether oxygens (including phenoxy) is 4. The third-order valence-electron chi connectivity index (χ3n) is 20.7. The average molecular weight is 1560 g/mol. The Balaban J connectivity index is 5.25. The second kappa shape index (κ2) is 79.3. The molecule has 0 aromatic rings. The summed E-state index contributed by atoms with van der Waals surface area (Å²) in [6.07, 6.45) is 72.2. The molecule has 0 radical (unpaired) electrons. The Hall–Kier alpha value is -1.94. The first-order chi connectivity index (χ1) is 51.9. The molecule has 0 saturated heterocycles. The van der Waals surface area contributed by atoms with Crippen molar-refractivity contribution in [2.24, 2.45) is 11.8 Å². The number of carbonyl (C=O) groups is 4. The lowest BCUT2D eigenvalue weighted by molar-refractivity contribution is -0.161. The molecule has 0 amide bonds. The minimum Gasteiger partial charge on any atom is -0.462 e. The van der Waals surface area contributed by atoms with E-state index in [1.807, 2.05) is 0 Å². The van der Waals surface area contributed by atoms with Crippen molar-refractivity contribution in [3.8, 4) is 0 Å². The van der Waals surface area contributed by atoms with Crippen LogP contribution in [0.15, 0.2) is 0 Å². The third kappa shape index (κ3) is 81.9. The fraction of sp³-hybridized carbons (Fsp3) is 0.955. The molecule has 0 bridgehead atoms. The van der Waals surface area contributed by atoms with E-state index in [1.54, 1.807) is 0 Å². The summed E-state index contributed by atoms with van der Waals surface area (Å²) < 4.78 is 69.0. The highest BCUT2D eigenvalue weighted by Crippen LogP contribution is 2.45. The Labute approximate surface area is 658 Å². The van der Waals surface area contributed by atoms with Crippen molar-refractivity contribution in [3.05, 3.63) is 0 Å². The Morgan fingerprint density at radius 2 is 0.430 bits per heavy atom. The summed E-state index contributed by atoms with van der Waals surface area (Å²) >= 11 is 0. The fourth-order valence-electron chi connectivity index (χ4n) is 13.8. The lowest BCUT2D eigenvalue weighted by Crippen LogP contribution is -2.30. The van der Waals surface area contributed by atoms with E-state index in [9.17, 15) is 43.2 Å². The Bertz CT molecular complexity index is 2050. The minimum atomic E-state index is -4.97. The normalized spacial score (nSPS) is 13.8. The van der Waals surface area contributed by atoms with Gasteiger partial charge in [0, 0.05) is 25.7 Å². The molecular formula is C88H172O17P2. The summed E-state index contributed by atoms with van der Waals surface area (Å²) in [4.78, 5) is 73.3. The molecule has 0 aliphatic heterocycles. The third-order valence-corrected chi connectivity index (χ3v) is 22.6. The van der Waals surface area contributed by atoms with Crippen LogP contribution < -0.4 is 0 Å². The highest BCUT2D eigenvalue weighted by atomic mass is 31.2. The summed E-state index contributed by atoms with van der Waals surface area (Å²) in [6.45, 7) is 9.69. The van der Waals surface area contributed by atoms with Gasteiger partial charge in [0.05, 0.1) is 26.4 Å². The summed E-state index contributed by atoms with van der Waals surface area (Å²) in [5.74, 6) is -0.556. The number of carbonyl (C=O) groups excluding carboxylic acids is 4. The van der Waals surface area contributed by atoms with Crippen molar-refractivity contribution < 1.29 is 80.2 Å². The molecule has 17 nitrogen and oxygen atoms in total. The zero-order valence-electron chi connectivity index (χ0n) is 70.5. The zero-order valence-corrected chi connectivity index (χ0v) is 72.2. The molecule has 0 aromatic heterocycles. The maximum Gasteiger partial charge on any atom is 0.472 e. The summed E-state index contributed by atoms with van der Waals surface area (Å²) in [7, 11) is -9.93. The van der Waals surface area contributed by atoms with E-state index in [0.29, 0.717) is 25.7 Å². The number of unbranched alkanes of at least 4 members (excludes halogenated alkanes) is 57. The Kier molecular flexibility index (Phi) is 77.9. The molecule has 3 N–H and O–H groups in total. The molecule has 0 rings (SSSR count). The van der Waals surface area contributed by atoms with Gasteiger partial charge < -0.3 is 33.8 Å². The second-order valence-corrected chi connectivity index (χ2v) is 35.5. The van der Waals surface area contributed by atoms with Crippen LogP contribution in [-0.2, 0) is 65.4 Å². The molecule has 0 fully saturated rings. The number of phosphoric acid groups is 2. The summed E-state index contributed by atoms with van der Waals surface area (Å²) in [5.41, 5.74) is 0. The summed E-state index contributed by atoms with van der Waals surface area (Å²) in [5, 5.41) is 10.7. The number of hydrogen-bond donors (Lipinski definition) is 3. The van der Waals surface area contributed by atoms with Gasteiger partial charge in [0.2, 0.25) is 0 Å². The van der Waals surface area contributed by atoms with Crippen LogP contribution in [0.1, 0.15) is 472 Å². The van der Waals surface area contributed by atoms with Gasteiger partial charge in [-0.1, -0.05) is 420 Å². The maximum absolute atomic E-state index is 13.2. The van der Waals surface area contributed by atoms with Crippen LogP contribution in [0, 0.1) is 11.8 Å². The van der Waals surface area contributed by atoms with Gasteiger partial charge in [-0.2, -0.15) is 0 Å². The van der Waals surface area contributed by atoms with Crippen molar-refractivity contribution in [2.45, 2.75) is 490 Å². The van der Waals surface area contributed by atoms with Gasteiger partial charge >= 0.3 is 39.5 Å². The second-order valence-electron chi connectivity index (χ2n) is 32.6. The van der Waals surface area contributed by atoms with Gasteiger partial charge in [-0.3, -0.25) is 37.3 Å². The number of rotatable bonds is 87. The van der Waals surface area contributed by atoms with E-state index < -0.39 is 97.5 Å². The number of hydrogen-bond acceptors (Lipinski definition) is 15. The molecule has 0 heterocycles. The maximum atomic E-state index is 13.2. The van der Waals surface area contributed by atoms with Crippen LogP contribution in [0.5, 0.6) is 0 Å². The fourth-order valence-corrected chi connectivity index (χ4v) is 15.4. The van der Waals surface area contributed by atoms with Crippen LogP contribution in [0.2, 0.25) is 0 Å². The molecule has 0 spiro atoms. The molecule has 0 aromatic carbocycles. The van der Waals surface area contributed by atoms with Crippen molar-refractivity contribution >= 4 is 39.5 Å². The van der Waals surface area contributed by atoms with Gasteiger partial charge in [-0.25, -0.2) is 9.13 Å². The number of esters is 4. The molecular weight excluding hydrogens is 1390 g/mol. The minimum absolute atomic E-state index is 0.108. The SMILES string of the molecule is CCCCCCCCCCCCCCCCCCCCCCCC(=O)O[C@H](COC(=O)CCCCCCCCCCCCCCCCC(C)C)COP(=O)(O)OC[C@@H](O)COP(=O)(O)OC[C@@H](COC(=O)CCCCCCCCCCCC(C)C)OC(=O)CCCCCCCCCCCCCCCCCCC. The molecule has 0 aliphatic carbocycles. The summed E-state index contributed by atoms with van der Waals surface area (Å²) in [6, 6.07) is 0. The lowest BCUT2D eigenvalue weighted by Gasteiger charge is -2.21. The highest BCUT2D eigenvalue weighted by molar-refractivity contribution is 7.47. The van der Waals surface area contributed by atoms with Gasteiger partial charge in [0.25, 0.3) is 0 Å². The van der Waals surface area contributed by atoms with E-state index in [4.69, 9.17) is 37.0 Å². The molecule has 5 atom stereocenters. The average Bonchev–Trinajstić information content (AvgIpc) is 0.902. The quantitative estimate of drug-likeness (QED) is 0.0222. The van der Waals surface area contributed by atoms with Gasteiger partial charge in [0.15, 0.2) is 12.2 Å². The molecule has 107 heavy (non-hydrogen) atoms. The first-order valence-corrected chi connectivity index (χ1v) is 48.5. The molecule has 2 unspecified atom stereocenters. The van der Waals surface area contributed by atoms with Gasteiger partial charge in [-0.05, 0) is 37.5 Å². The van der Waals surface area contributed by atoms with Crippen LogP contribution >= 0.6 is 15.6 Å². The number of phosphoric ester groups is 2. The van der Waals surface area contributed by atoms with E-state index in [0.717, 1.165) is 102 Å². The van der Waals surface area contributed by atoms with Crippen molar-refractivity contribution in [2.75, 3.05) is 39.6 Å². The molecule has 0 saturated carbocycles. The Morgan fingerprint density at radius 3 is 0.636 bits per heavy atom. The van der Waals surface area contributed by atoms with Crippen LogP contribution in [0.4, 0.5) is 0 Å². The van der Waals surface area contributed by atoms with Gasteiger partial charge in [0.1, 0.15) is 19.3 Å². The number of aliphatic hydroxyl groups excluding tert-OH is 1. The predicted octanol–water partition coefficient (Wildman–Crippen LogP) is 27.0. The van der Waals surface area contributed by atoms with Gasteiger partial charge in [-0.15, -0.1) is 0 Å². The lowest BCUT2D eigenvalue weighted by atomic mass is 10.0. The Morgan fingerprint density at radius 1 is 0.252 bits per heavy atom. The first kappa shape index (κ1) is 105.